The second kappa shape index (κ2) is 7.53. The van der Waals surface area contributed by atoms with Crippen molar-refractivity contribution < 1.29 is 9.59 Å². The highest BCUT2D eigenvalue weighted by Gasteiger charge is 2.16. The molecule has 126 valence electrons. The van der Waals surface area contributed by atoms with E-state index in [1.54, 1.807) is 30.0 Å². The van der Waals surface area contributed by atoms with Crippen LogP contribution in [0.4, 0.5) is 11.4 Å². The molecule has 0 saturated carbocycles. The fourth-order valence-electron chi connectivity index (χ4n) is 2.13. The fraction of sp³-hybridized carbons (Fsp3) is 0.263. The minimum absolute atomic E-state index is 0.0439. The minimum Gasteiger partial charge on any atom is -0.318 e. The Morgan fingerprint density at radius 3 is 2.00 bits per heavy atom. The third kappa shape index (κ3) is 4.86. The number of hydrogen-bond donors (Lipinski definition) is 2. The van der Waals surface area contributed by atoms with E-state index in [2.05, 4.69) is 31.4 Å². The second-order valence-corrected chi connectivity index (χ2v) is 7.35. The molecular formula is C19H22N2O2S. The third-order valence-electron chi connectivity index (χ3n) is 3.54. The molecule has 0 spiro atoms. The lowest BCUT2D eigenvalue weighted by atomic mass is 9.87. The first-order chi connectivity index (χ1) is 11.3. The normalized spacial score (nSPS) is 11.0. The van der Waals surface area contributed by atoms with Crippen LogP contribution in [0.5, 0.6) is 0 Å². The van der Waals surface area contributed by atoms with Crippen LogP contribution in [0.1, 0.15) is 26.3 Å². The number of thioether (sulfide) groups is 1. The quantitative estimate of drug-likeness (QED) is 0.646. The van der Waals surface area contributed by atoms with E-state index in [0.29, 0.717) is 11.4 Å². The Hall–Kier alpha value is -2.27. The number of rotatable bonds is 3. The second-order valence-electron chi connectivity index (χ2n) is 6.47. The number of benzene rings is 2. The van der Waals surface area contributed by atoms with Crippen molar-refractivity contribution in [2.75, 3.05) is 16.9 Å². The lowest BCUT2D eigenvalue weighted by molar-refractivity contribution is -0.133. The first-order valence-electron chi connectivity index (χ1n) is 7.66. The predicted octanol–water partition coefficient (Wildman–Crippen LogP) is 4.28. The van der Waals surface area contributed by atoms with Gasteiger partial charge in [-0.3, -0.25) is 9.59 Å². The predicted molar refractivity (Wildman–Crippen MR) is 101 cm³/mol. The van der Waals surface area contributed by atoms with Crippen LogP contribution in [0.2, 0.25) is 0 Å². The Balaban J connectivity index is 1.99. The Morgan fingerprint density at radius 1 is 0.875 bits per heavy atom. The van der Waals surface area contributed by atoms with Crippen LogP contribution in [-0.4, -0.2) is 18.1 Å². The summed E-state index contributed by atoms with van der Waals surface area (Å²) in [6, 6.07) is 14.9. The molecule has 0 aliphatic carbocycles. The third-order valence-corrected chi connectivity index (χ3v) is 4.27. The van der Waals surface area contributed by atoms with Crippen molar-refractivity contribution in [2.24, 2.45) is 0 Å². The minimum atomic E-state index is -0.687. The molecule has 0 bridgehead atoms. The molecule has 24 heavy (non-hydrogen) atoms. The standard InChI is InChI=1S/C19H22N2O2S/c1-19(2,3)13-8-10-14(11-9-13)20-17(22)18(23)21-15-6-5-7-16(12-15)24-4/h5-12H,1-4H3,(H,20,22)(H,21,23). The Labute approximate surface area is 147 Å². The largest absolute Gasteiger partial charge is 0.318 e. The average Bonchev–Trinajstić information content (AvgIpc) is 2.54. The van der Waals surface area contributed by atoms with Crippen LogP contribution in [0.3, 0.4) is 0 Å². The van der Waals surface area contributed by atoms with Crippen LogP contribution in [0, 0.1) is 0 Å². The molecule has 5 heteroatoms. The van der Waals surface area contributed by atoms with Gasteiger partial charge in [0, 0.05) is 16.3 Å². The highest BCUT2D eigenvalue weighted by atomic mass is 32.2. The summed E-state index contributed by atoms with van der Waals surface area (Å²) in [5.41, 5.74) is 2.41. The van der Waals surface area contributed by atoms with Gasteiger partial charge in [0.1, 0.15) is 0 Å². The summed E-state index contributed by atoms with van der Waals surface area (Å²) in [4.78, 5) is 25.1. The van der Waals surface area contributed by atoms with E-state index >= 15 is 0 Å². The molecule has 2 aromatic carbocycles. The molecule has 0 aliphatic heterocycles. The van der Waals surface area contributed by atoms with Gasteiger partial charge in [0.25, 0.3) is 0 Å². The lowest BCUT2D eigenvalue weighted by Crippen LogP contribution is -2.29. The lowest BCUT2D eigenvalue weighted by Gasteiger charge is -2.19. The zero-order chi connectivity index (χ0) is 17.7. The maximum atomic E-state index is 12.0. The van der Waals surface area contributed by atoms with E-state index in [1.165, 1.54) is 5.56 Å². The van der Waals surface area contributed by atoms with Crippen molar-refractivity contribution in [3.8, 4) is 0 Å². The first kappa shape index (κ1) is 18.1. The van der Waals surface area contributed by atoms with E-state index in [9.17, 15) is 9.59 Å². The topological polar surface area (TPSA) is 58.2 Å². The number of hydrogen-bond acceptors (Lipinski definition) is 3. The number of carbonyl (C=O) groups excluding carboxylic acids is 2. The number of anilines is 2. The van der Waals surface area contributed by atoms with E-state index in [-0.39, 0.29) is 5.41 Å². The highest BCUT2D eigenvalue weighted by molar-refractivity contribution is 7.98. The van der Waals surface area contributed by atoms with Crippen LogP contribution < -0.4 is 10.6 Å². The molecule has 2 rings (SSSR count). The molecule has 0 fully saturated rings. The zero-order valence-electron chi connectivity index (χ0n) is 14.3. The van der Waals surface area contributed by atoms with Gasteiger partial charge in [-0.05, 0) is 47.6 Å². The first-order valence-corrected chi connectivity index (χ1v) is 8.89. The van der Waals surface area contributed by atoms with E-state index in [1.807, 2.05) is 36.6 Å². The maximum absolute atomic E-state index is 12.0. The summed E-state index contributed by atoms with van der Waals surface area (Å²) in [6.07, 6.45) is 1.95. The highest BCUT2D eigenvalue weighted by Crippen LogP contribution is 2.23. The Kier molecular flexibility index (Phi) is 5.67. The van der Waals surface area contributed by atoms with Crippen molar-refractivity contribution in [3.05, 3.63) is 54.1 Å². The molecule has 2 amide bonds. The monoisotopic (exact) mass is 342 g/mol. The summed E-state index contributed by atoms with van der Waals surface area (Å²) in [5, 5.41) is 5.22. The van der Waals surface area contributed by atoms with Crippen molar-refractivity contribution in [1.82, 2.24) is 0 Å². The summed E-state index contributed by atoms with van der Waals surface area (Å²) in [6.45, 7) is 6.37. The van der Waals surface area contributed by atoms with E-state index in [0.717, 1.165) is 4.90 Å². The van der Waals surface area contributed by atoms with Gasteiger partial charge in [-0.2, -0.15) is 0 Å². The molecule has 2 aromatic rings. The van der Waals surface area contributed by atoms with Crippen molar-refractivity contribution in [1.29, 1.82) is 0 Å². The van der Waals surface area contributed by atoms with Gasteiger partial charge in [0.05, 0.1) is 0 Å². The van der Waals surface area contributed by atoms with E-state index in [4.69, 9.17) is 0 Å². The molecule has 0 aromatic heterocycles. The zero-order valence-corrected chi connectivity index (χ0v) is 15.2. The van der Waals surface area contributed by atoms with Gasteiger partial charge in [0.15, 0.2) is 0 Å². The van der Waals surface area contributed by atoms with Crippen LogP contribution in [0.15, 0.2) is 53.4 Å². The van der Waals surface area contributed by atoms with E-state index < -0.39 is 11.8 Å². The molecule has 0 heterocycles. The molecule has 0 aliphatic rings. The smallest absolute Gasteiger partial charge is 0.314 e. The van der Waals surface area contributed by atoms with Gasteiger partial charge in [0.2, 0.25) is 0 Å². The maximum Gasteiger partial charge on any atom is 0.314 e. The Bertz CT molecular complexity index is 734. The number of nitrogens with one attached hydrogen (secondary N) is 2. The molecule has 4 nitrogen and oxygen atoms in total. The van der Waals surface area contributed by atoms with Crippen molar-refractivity contribution >= 4 is 35.0 Å². The molecule has 2 N–H and O–H groups in total. The van der Waals surface area contributed by atoms with Gasteiger partial charge in [-0.1, -0.05) is 39.0 Å². The molecular weight excluding hydrogens is 320 g/mol. The summed E-state index contributed by atoms with van der Waals surface area (Å²) >= 11 is 1.57. The van der Waals surface area contributed by atoms with Gasteiger partial charge >= 0.3 is 11.8 Å². The SMILES string of the molecule is CSc1cccc(NC(=O)C(=O)Nc2ccc(C(C)(C)C)cc2)c1. The van der Waals surface area contributed by atoms with Crippen LogP contribution in [-0.2, 0) is 15.0 Å². The summed E-state index contributed by atoms with van der Waals surface area (Å²) in [5.74, 6) is -1.37. The van der Waals surface area contributed by atoms with Crippen molar-refractivity contribution in [2.45, 2.75) is 31.1 Å². The van der Waals surface area contributed by atoms with Crippen molar-refractivity contribution in [3.63, 3.8) is 0 Å². The van der Waals surface area contributed by atoms with Gasteiger partial charge in [-0.15, -0.1) is 11.8 Å². The number of carbonyl (C=O) groups is 2. The number of amides is 2. The van der Waals surface area contributed by atoms with Crippen LogP contribution >= 0.6 is 11.8 Å². The summed E-state index contributed by atoms with van der Waals surface area (Å²) < 4.78 is 0. The average molecular weight is 342 g/mol. The summed E-state index contributed by atoms with van der Waals surface area (Å²) in [7, 11) is 0. The molecule has 0 saturated heterocycles. The van der Waals surface area contributed by atoms with Crippen LogP contribution in [0.25, 0.3) is 0 Å². The fourth-order valence-corrected chi connectivity index (χ4v) is 2.59. The Morgan fingerprint density at radius 2 is 1.46 bits per heavy atom. The van der Waals surface area contributed by atoms with Gasteiger partial charge in [-0.25, -0.2) is 0 Å². The molecule has 0 atom stereocenters. The molecule has 0 unspecified atom stereocenters. The van der Waals surface area contributed by atoms with Gasteiger partial charge < -0.3 is 10.6 Å². The molecule has 0 radical (unpaired) electrons.